The molecule has 2 atom stereocenters. The SMILES string of the molecule is C[C@H]1CN(c2cc(-c3[nH]nc4ccc(OC5(C)CC5)cc34)ncn2)CCN1CC1CCN(CCCNc2cccc3c2C(=O)N(C2CCC(=O)NC2=O)C3=O)CC1. The Morgan fingerprint density at radius 2 is 1.81 bits per heavy atom. The minimum absolute atomic E-state index is 0.0511. The third-order valence-corrected chi connectivity index (χ3v) is 12.5. The summed E-state index contributed by atoms with van der Waals surface area (Å²) < 4.78 is 6.23. The number of aromatic nitrogens is 4. The molecule has 1 saturated carbocycles. The zero-order chi connectivity index (χ0) is 39.3. The maximum Gasteiger partial charge on any atom is 0.264 e. The van der Waals surface area contributed by atoms with Gasteiger partial charge in [0, 0.05) is 62.3 Å². The molecular weight excluding hydrogens is 725 g/mol. The number of hydrogen-bond acceptors (Lipinski definition) is 12. The van der Waals surface area contributed by atoms with Crippen molar-refractivity contribution in [2.45, 2.75) is 76.5 Å². The lowest BCUT2D eigenvalue weighted by Crippen LogP contribution is -2.54. The second-order valence-electron chi connectivity index (χ2n) is 16.6. The van der Waals surface area contributed by atoms with Gasteiger partial charge in [-0.05, 0) is 108 Å². The molecule has 4 aromatic rings. The number of likely N-dealkylation sites (tertiary alicyclic amines) is 1. The largest absolute Gasteiger partial charge is 0.488 e. The highest BCUT2D eigenvalue weighted by Crippen LogP contribution is 2.41. The van der Waals surface area contributed by atoms with Crippen LogP contribution in [-0.2, 0) is 9.59 Å². The van der Waals surface area contributed by atoms with Crippen LogP contribution in [0.5, 0.6) is 5.75 Å². The molecule has 15 nitrogen and oxygen atoms in total. The lowest BCUT2D eigenvalue weighted by atomic mass is 9.95. The number of anilines is 2. The van der Waals surface area contributed by atoms with Crippen LogP contribution in [0.25, 0.3) is 22.3 Å². The summed E-state index contributed by atoms with van der Waals surface area (Å²) in [4.78, 5) is 68.5. The molecule has 2 aromatic carbocycles. The van der Waals surface area contributed by atoms with E-state index in [0.717, 1.165) is 104 Å². The fourth-order valence-corrected chi connectivity index (χ4v) is 8.85. The molecular formula is C42H50N10O5. The highest BCUT2D eigenvalue weighted by Gasteiger charge is 2.45. The summed E-state index contributed by atoms with van der Waals surface area (Å²) in [6.45, 7) is 12.1. The minimum Gasteiger partial charge on any atom is -0.488 e. The third kappa shape index (κ3) is 7.57. The van der Waals surface area contributed by atoms with Crippen molar-refractivity contribution in [3.05, 3.63) is 59.9 Å². The number of hydrogen-bond donors (Lipinski definition) is 3. The first-order chi connectivity index (χ1) is 27.6. The van der Waals surface area contributed by atoms with Crippen LogP contribution >= 0.6 is 0 Å². The lowest BCUT2D eigenvalue weighted by molar-refractivity contribution is -0.136. The molecule has 1 aliphatic carbocycles. The van der Waals surface area contributed by atoms with E-state index in [9.17, 15) is 19.2 Å². The van der Waals surface area contributed by atoms with Gasteiger partial charge in [-0.25, -0.2) is 9.97 Å². The summed E-state index contributed by atoms with van der Waals surface area (Å²) in [5, 5.41) is 14.4. The summed E-state index contributed by atoms with van der Waals surface area (Å²) >= 11 is 0. The van der Waals surface area contributed by atoms with Gasteiger partial charge in [-0.3, -0.25) is 39.4 Å². The number of piperazine rings is 1. The van der Waals surface area contributed by atoms with Crippen LogP contribution in [0.4, 0.5) is 11.5 Å². The molecule has 2 aromatic heterocycles. The molecule has 6 heterocycles. The average Bonchev–Trinajstić information content (AvgIpc) is 3.69. The average molecular weight is 775 g/mol. The Labute approximate surface area is 331 Å². The lowest BCUT2D eigenvalue weighted by Gasteiger charge is -2.43. The van der Waals surface area contributed by atoms with Crippen LogP contribution in [0.15, 0.2) is 48.8 Å². The molecule has 15 heteroatoms. The first-order valence-corrected chi connectivity index (χ1v) is 20.4. The van der Waals surface area contributed by atoms with Gasteiger partial charge in [-0.15, -0.1) is 0 Å². The van der Waals surface area contributed by atoms with Crippen molar-refractivity contribution in [3.8, 4) is 17.1 Å². The molecule has 0 radical (unpaired) electrons. The van der Waals surface area contributed by atoms with E-state index < -0.39 is 23.8 Å². The fourth-order valence-electron chi connectivity index (χ4n) is 8.85. The Bertz CT molecular complexity index is 2210. The van der Waals surface area contributed by atoms with Gasteiger partial charge in [-0.1, -0.05) is 6.07 Å². The number of H-pyrrole nitrogens is 1. The van der Waals surface area contributed by atoms with Crippen molar-refractivity contribution in [1.29, 1.82) is 0 Å². The smallest absolute Gasteiger partial charge is 0.264 e. The molecule has 5 aliphatic rings. The van der Waals surface area contributed by atoms with Crippen molar-refractivity contribution in [3.63, 3.8) is 0 Å². The molecule has 0 bridgehead atoms. The van der Waals surface area contributed by atoms with Crippen LogP contribution in [0.1, 0.15) is 79.5 Å². The second-order valence-corrected chi connectivity index (χ2v) is 16.6. The number of ether oxygens (including phenoxy) is 1. The van der Waals surface area contributed by atoms with E-state index in [1.54, 1.807) is 24.5 Å². The fraction of sp³-hybridized carbons (Fsp3) is 0.500. The normalized spacial score (nSPS) is 22.9. The zero-order valence-corrected chi connectivity index (χ0v) is 32.6. The Morgan fingerprint density at radius 1 is 0.965 bits per heavy atom. The van der Waals surface area contributed by atoms with E-state index in [4.69, 9.17) is 4.74 Å². The van der Waals surface area contributed by atoms with Gasteiger partial charge in [0.1, 0.15) is 29.5 Å². The van der Waals surface area contributed by atoms with E-state index in [2.05, 4.69) is 71.5 Å². The van der Waals surface area contributed by atoms with Crippen LogP contribution in [0.3, 0.4) is 0 Å². The van der Waals surface area contributed by atoms with E-state index in [1.165, 1.54) is 12.8 Å². The van der Waals surface area contributed by atoms with Crippen molar-refractivity contribution >= 4 is 46.0 Å². The highest BCUT2D eigenvalue weighted by atomic mass is 16.5. The maximum absolute atomic E-state index is 13.4. The summed E-state index contributed by atoms with van der Waals surface area (Å²) in [6, 6.07) is 12.7. The van der Waals surface area contributed by atoms with Gasteiger partial charge < -0.3 is 19.9 Å². The number of nitrogens with zero attached hydrogens (tertiary/aromatic N) is 7. The van der Waals surface area contributed by atoms with Crippen LogP contribution in [0, 0.1) is 5.92 Å². The topological polar surface area (TPSA) is 169 Å². The number of imide groups is 2. The number of benzene rings is 2. The Hall–Kier alpha value is -5.41. The molecule has 298 valence electrons. The predicted molar refractivity (Wildman–Crippen MR) is 214 cm³/mol. The Morgan fingerprint density at radius 3 is 2.60 bits per heavy atom. The van der Waals surface area contributed by atoms with E-state index in [-0.39, 0.29) is 29.9 Å². The van der Waals surface area contributed by atoms with Gasteiger partial charge in [0.25, 0.3) is 11.8 Å². The molecule has 1 unspecified atom stereocenters. The second kappa shape index (κ2) is 15.2. The Kier molecular flexibility index (Phi) is 9.89. The number of fused-ring (bicyclic) bond motifs is 2. The number of carbonyl (C=O) groups excluding carboxylic acids is 4. The summed E-state index contributed by atoms with van der Waals surface area (Å²) in [5.74, 6) is 0.478. The van der Waals surface area contributed by atoms with Crippen molar-refractivity contribution in [2.75, 3.05) is 62.6 Å². The number of piperidine rings is 2. The molecule has 4 fully saturated rings. The summed E-state index contributed by atoms with van der Waals surface area (Å²) in [7, 11) is 0. The van der Waals surface area contributed by atoms with E-state index >= 15 is 0 Å². The van der Waals surface area contributed by atoms with Gasteiger partial charge >= 0.3 is 0 Å². The van der Waals surface area contributed by atoms with Gasteiger partial charge in [0.05, 0.1) is 28.0 Å². The molecule has 3 N–H and O–H groups in total. The van der Waals surface area contributed by atoms with Crippen LogP contribution in [0.2, 0.25) is 0 Å². The third-order valence-electron chi connectivity index (χ3n) is 12.5. The molecule has 3 saturated heterocycles. The first kappa shape index (κ1) is 37.2. The standard InChI is InChI=1S/C42H50N10O5/c1-26-23-51(35-22-33(44-25-45-35)38-30-21-28(57-42(2)13-14-42)7-8-31(30)47-48-38)20-19-50(26)24-27-11-17-49(18-12-27)16-4-15-43-32-6-3-5-29-37(32)41(56)52(40(29)55)34-9-10-36(53)46-39(34)54/h3,5-8,21-22,25-27,34,43H,4,9-20,23-24H2,1-2H3,(H,47,48)(H,46,53,54)/t26-,34?/m0/s1. The van der Waals surface area contributed by atoms with Gasteiger partial charge in [-0.2, -0.15) is 5.10 Å². The summed E-state index contributed by atoms with van der Waals surface area (Å²) in [6.07, 6.45) is 7.27. The molecule has 0 spiro atoms. The van der Waals surface area contributed by atoms with Gasteiger partial charge in [0.15, 0.2) is 0 Å². The summed E-state index contributed by atoms with van der Waals surface area (Å²) in [5.41, 5.74) is 3.72. The molecule has 57 heavy (non-hydrogen) atoms. The number of aromatic amines is 1. The zero-order valence-electron chi connectivity index (χ0n) is 32.6. The van der Waals surface area contributed by atoms with Gasteiger partial charge in [0.2, 0.25) is 11.8 Å². The molecule has 4 aliphatic heterocycles. The first-order valence-electron chi connectivity index (χ1n) is 20.4. The van der Waals surface area contributed by atoms with Crippen molar-refractivity contribution in [2.24, 2.45) is 5.92 Å². The number of carbonyl (C=O) groups is 4. The molecule has 9 rings (SSSR count). The number of nitrogens with one attached hydrogen (secondary N) is 3. The molecule has 4 amide bonds. The van der Waals surface area contributed by atoms with Crippen molar-refractivity contribution < 1.29 is 23.9 Å². The Balaban J connectivity index is 0.728. The minimum atomic E-state index is -0.974. The van der Waals surface area contributed by atoms with Crippen molar-refractivity contribution in [1.82, 2.24) is 40.2 Å². The highest BCUT2D eigenvalue weighted by molar-refractivity contribution is 6.25. The van der Waals surface area contributed by atoms with Crippen LogP contribution < -0.4 is 20.3 Å². The number of rotatable bonds is 12. The van der Waals surface area contributed by atoms with E-state index in [0.29, 0.717) is 29.8 Å². The van der Waals surface area contributed by atoms with E-state index in [1.807, 2.05) is 12.1 Å². The maximum atomic E-state index is 13.4. The monoisotopic (exact) mass is 774 g/mol. The number of amides is 4. The predicted octanol–water partition coefficient (Wildman–Crippen LogP) is 4.08. The van der Waals surface area contributed by atoms with Crippen LogP contribution in [-0.4, -0.2) is 129 Å². The quantitative estimate of drug-likeness (QED) is 0.140.